The van der Waals surface area contributed by atoms with Gasteiger partial charge >= 0.3 is 0 Å². The fourth-order valence-electron chi connectivity index (χ4n) is 2.07. The predicted octanol–water partition coefficient (Wildman–Crippen LogP) is 4.43. The molecule has 124 valence electrons. The lowest BCUT2D eigenvalue weighted by Gasteiger charge is -2.06. The van der Waals surface area contributed by atoms with Gasteiger partial charge in [-0.1, -0.05) is 6.07 Å². The van der Waals surface area contributed by atoms with Crippen LogP contribution < -0.4 is 10.1 Å². The number of nitriles is 1. The van der Waals surface area contributed by atoms with E-state index >= 15 is 0 Å². The summed E-state index contributed by atoms with van der Waals surface area (Å²) in [4.78, 5) is 16.8. The largest absolute Gasteiger partial charge is 0.497 e. The zero-order valence-electron chi connectivity index (χ0n) is 13.2. The van der Waals surface area contributed by atoms with Gasteiger partial charge in [-0.15, -0.1) is 11.3 Å². The first kappa shape index (κ1) is 16.9. The van der Waals surface area contributed by atoms with Crippen LogP contribution in [0.25, 0.3) is 16.6 Å². The Labute approximate surface area is 152 Å². The lowest BCUT2D eigenvalue weighted by molar-refractivity contribution is -0.112. The van der Waals surface area contributed by atoms with Gasteiger partial charge in [-0.2, -0.15) is 16.6 Å². The molecule has 2 heterocycles. The summed E-state index contributed by atoms with van der Waals surface area (Å²) in [6.07, 6.45) is 1.49. The van der Waals surface area contributed by atoms with Crippen LogP contribution in [0.4, 0.5) is 5.69 Å². The molecule has 25 heavy (non-hydrogen) atoms. The van der Waals surface area contributed by atoms with E-state index in [-0.39, 0.29) is 5.57 Å². The number of hydrogen-bond acceptors (Lipinski definition) is 6. The van der Waals surface area contributed by atoms with Crippen molar-refractivity contribution < 1.29 is 9.53 Å². The molecule has 1 amide bonds. The van der Waals surface area contributed by atoms with Crippen LogP contribution in [0.3, 0.4) is 0 Å². The molecule has 0 aliphatic rings. The van der Waals surface area contributed by atoms with Gasteiger partial charge in [0.1, 0.15) is 22.4 Å². The van der Waals surface area contributed by atoms with Crippen LogP contribution in [0.2, 0.25) is 0 Å². The van der Waals surface area contributed by atoms with E-state index in [4.69, 9.17) is 4.74 Å². The molecule has 0 atom stereocenters. The van der Waals surface area contributed by atoms with Crippen molar-refractivity contribution in [3.8, 4) is 22.4 Å². The lowest BCUT2D eigenvalue weighted by Crippen LogP contribution is -2.13. The lowest BCUT2D eigenvalue weighted by atomic mass is 10.2. The van der Waals surface area contributed by atoms with Crippen LogP contribution in [0, 0.1) is 11.3 Å². The van der Waals surface area contributed by atoms with E-state index in [0.717, 1.165) is 10.6 Å². The second-order valence-corrected chi connectivity index (χ2v) is 6.58. The SMILES string of the molecule is COc1cccc(NC(=O)C(C#N)=Cc2csc(-c3ccsc3)n2)c1. The molecule has 1 N–H and O–H groups in total. The van der Waals surface area contributed by atoms with Crippen molar-refractivity contribution in [2.24, 2.45) is 0 Å². The van der Waals surface area contributed by atoms with Crippen LogP contribution >= 0.6 is 22.7 Å². The highest BCUT2D eigenvalue weighted by Crippen LogP contribution is 2.26. The van der Waals surface area contributed by atoms with E-state index in [0.29, 0.717) is 17.1 Å². The number of hydrogen-bond donors (Lipinski definition) is 1. The zero-order valence-corrected chi connectivity index (χ0v) is 14.9. The number of thiazole rings is 1. The van der Waals surface area contributed by atoms with E-state index in [9.17, 15) is 10.1 Å². The molecule has 0 unspecified atom stereocenters. The molecule has 0 fully saturated rings. The van der Waals surface area contributed by atoms with Crippen molar-refractivity contribution in [1.29, 1.82) is 5.26 Å². The quantitative estimate of drug-likeness (QED) is 0.535. The summed E-state index contributed by atoms with van der Waals surface area (Å²) in [7, 11) is 1.55. The van der Waals surface area contributed by atoms with Crippen molar-refractivity contribution in [1.82, 2.24) is 4.98 Å². The predicted molar refractivity (Wildman–Crippen MR) is 101 cm³/mol. The molecule has 0 aliphatic heterocycles. The highest BCUT2D eigenvalue weighted by Gasteiger charge is 2.12. The topological polar surface area (TPSA) is 75.0 Å². The number of rotatable bonds is 5. The molecule has 7 heteroatoms. The third-order valence-electron chi connectivity index (χ3n) is 3.27. The number of nitrogens with one attached hydrogen (secondary N) is 1. The molecular weight excluding hydrogens is 354 g/mol. The summed E-state index contributed by atoms with van der Waals surface area (Å²) in [6.45, 7) is 0. The van der Waals surface area contributed by atoms with Crippen LogP contribution in [0.1, 0.15) is 5.69 Å². The van der Waals surface area contributed by atoms with Crippen LogP contribution in [-0.2, 0) is 4.79 Å². The van der Waals surface area contributed by atoms with Gasteiger partial charge in [0.05, 0.1) is 12.8 Å². The fourth-order valence-corrected chi connectivity index (χ4v) is 3.56. The molecule has 0 spiro atoms. The van der Waals surface area contributed by atoms with Crippen molar-refractivity contribution >= 4 is 40.3 Å². The van der Waals surface area contributed by atoms with E-state index in [1.165, 1.54) is 17.4 Å². The minimum atomic E-state index is -0.485. The first-order chi connectivity index (χ1) is 12.2. The van der Waals surface area contributed by atoms with Gasteiger partial charge in [-0.05, 0) is 29.7 Å². The Morgan fingerprint density at radius 1 is 1.36 bits per heavy atom. The normalized spacial score (nSPS) is 11.0. The maximum atomic E-state index is 12.3. The van der Waals surface area contributed by atoms with E-state index < -0.39 is 5.91 Å². The second-order valence-electron chi connectivity index (χ2n) is 4.95. The summed E-state index contributed by atoms with van der Waals surface area (Å²) in [5.41, 5.74) is 2.17. The Morgan fingerprint density at radius 3 is 2.96 bits per heavy atom. The molecule has 2 aromatic heterocycles. The summed E-state index contributed by atoms with van der Waals surface area (Å²) in [5.74, 6) is 0.140. The van der Waals surface area contributed by atoms with Gasteiger partial charge < -0.3 is 10.1 Å². The average molecular weight is 367 g/mol. The molecule has 3 rings (SSSR count). The van der Waals surface area contributed by atoms with E-state index in [1.807, 2.05) is 28.3 Å². The van der Waals surface area contributed by atoms with E-state index in [2.05, 4.69) is 10.3 Å². The average Bonchev–Trinajstić information content (AvgIpc) is 3.31. The number of methoxy groups -OCH3 is 1. The summed E-state index contributed by atoms with van der Waals surface area (Å²) in [6, 6.07) is 10.9. The van der Waals surface area contributed by atoms with Crippen molar-refractivity contribution in [3.63, 3.8) is 0 Å². The molecule has 3 aromatic rings. The maximum absolute atomic E-state index is 12.3. The maximum Gasteiger partial charge on any atom is 0.266 e. The number of benzene rings is 1. The molecule has 1 aromatic carbocycles. The van der Waals surface area contributed by atoms with E-state index in [1.54, 1.807) is 42.7 Å². The molecule has 0 saturated heterocycles. The minimum Gasteiger partial charge on any atom is -0.497 e. The standard InChI is InChI=1S/C18H13N3O2S2/c1-23-16-4-2-3-14(8-16)20-17(22)13(9-19)7-15-11-25-18(21-15)12-5-6-24-10-12/h2-8,10-11H,1H3,(H,20,22). The monoisotopic (exact) mass is 367 g/mol. The van der Waals surface area contributed by atoms with Crippen molar-refractivity contribution in [2.45, 2.75) is 0 Å². The van der Waals surface area contributed by atoms with Crippen LogP contribution in [-0.4, -0.2) is 18.0 Å². The molecule has 0 aliphatic carbocycles. The van der Waals surface area contributed by atoms with Crippen LogP contribution in [0.5, 0.6) is 5.75 Å². The number of ether oxygens (including phenoxy) is 1. The number of nitrogens with zero attached hydrogens (tertiary/aromatic N) is 2. The summed E-state index contributed by atoms with van der Waals surface area (Å²) in [5, 5.41) is 18.7. The van der Waals surface area contributed by atoms with Crippen LogP contribution in [0.15, 0.2) is 52.0 Å². The smallest absolute Gasteiger partial charge is 0.266 e. The number of amides is 1. The van der Waals surface area contributed by atoms with Gasteiger partial charge in [0.25, 0.3) is 5.91 Å². The second kappa shape index (κ2) is 7.75. The highest BCUT2D eigenvalue weighted by atomic mass is 32.1. The van der Waals surface area contributed by atoms with Gasteiger partial charge in [0.2, 0.25) is 0 Å². The Bertz CT molecular complexity index is 953. The number of anilines is 1. The first-order valence-electron chi connectivity index (χ1n) is 7.25. The Balaban J connectivity index is 1.78. The highest BCUT2D eigenvalue weighted by molar-refractivity contribution is 7.14. The van der Waals surface area contributed by atoms with Gasteiger partial charge in [0.15, 0.2) is 0 Å². The Morgan fingerprint density at radius 2 is 2.24 bits per heavy atom. The Kier molecular flexibility index (Phi) is 5.23. The third kappa shape index (κ3) is 4.12. The van der Waals surface area contributed by atoms with Gasteiger partial charge in [0, 0.05) is 28.1 Å². The Hall–Kier alpha value is -2.95. The number of thiophene rings is 1. The van der Waals surface area contributed by atoms with Crippen molar-refractivity contribution in [3.05, 3.63) is 57.7 Å². The van der Waals surface area contributed by atoms with Gasteiger partial charge in [-0.3, -0.25) is 4.79 Å². The summed E-state index contributed by atoms with van der Waals surface area (Å²) < 4.78 is 5.12. The molecule has 0 saturated carbocycles. The minimum absolute atomic E-state index is 0.00927. The third-order valence-corrected chi connectivity index (χ3v) is 4.87. The molecule has 0 bridgehead atoms. The number of carbonyl (C=O) groups excluding carboxylic acids is 1. The summed E-state index contributed by atoms with van der Waals surface area (Å²) >= 11 is 3.07. The molecule has 5 nitrogen and oxygen atoms in total. The number of carbonyl (C=O) groups is 1. The first-order valence-corrected chi connectivity index (χ1v) is 9.07. The molecular formula is C18H13N3O2S2. The zero-order chi connectivity index (χ0) is 17.6. The van der Waals surface area contributed by atoms with Gasteiger partial charge in [-0.25, -0.2) is 4.98 Å². The number of aromatic nitrogens is 1. The van der Waals surface area contributed by atoms with Crippen molar-refractivity contribution in [2.75, 3.05) is 12.4 Å². The fraction of sp³-hybridized carbons (Fsp3) is 0.0556. The molecule has 0 radical (unpaired) electrons.